The lowest BCUT2D eigenvalue weighted by Gasteiger charge is -2.06. The maximum Gasteiger partial charge on any atom is 0.354 e. The number of rotatable bonds is 4. The summed E-state index contributed by atoms with van der Waals surface area (Å²) < 4.78 is 10.9. The predicted octanol–water partition coefficient (Wildman–Crippen LogP) is 3.72. The Labute approximate surface area is 127 Å². The molecule has 3 rings (SSSR count). The van der Waals surface area contributed by atoms with Gasteiger partial charge in [-0.2, -0.15) is 0 Å². The highest BCUT2D eigenvalue weighted by Gasteiger charge is 2.13. The molecule has 0 amide bonds. The normalized spacial score (nSPS) is 10.6. The number of nitrogens with two attached hydrogens (primary N) is 1. The van der Waals surface area contributed by atoms with Gasteiger partial charge in [0.1, 0.15) is 17.2 Å². The van der Waals surface area contributed by atoms with Crippen LogP contribution in [0.15, 0.2) is 48.5 Å². The molecule has 5 heteroatoms. The van der Waals surface area contributed by atoms with Gasteiger partial charge in [0.2, 0.25) is 0 Å². The van der Waals surface area contributed by atoms with Gasteiger partial charge in [-0.1, -0.05) is 6.07 Å². The number of fused-ring (bicyclic) bond motifs is 1. The number of nitrogen functional groups attached to an aromatic ring is 1. The molecule has 112 valence electrons. The van der Waals surface area contributed by atoms with Gasteiger partial charge < -0.3 is 20.2 Å². The molecule has 2 aromatic carbocycles. The lowest BCUT2D eigenvalue weighted by atomic mass is 10.2. The fraction of sp³-hybridized carbons (Fsp3) is 0.118. The summed E-state index contributed by atoms with van der Waals surface area (Å²) in [5.41, 5.74) is 7.56. The minimum Gasteiger partial charge on any atom is -0.461 e. The van der Waals surface area contributed by atoms with Crippen LogP contribution < -0.4 is 10.5 Å². The van der Waals surface area contributed by atoms with E-state index >= 15 is 0 Å². The Bertz CT molecular complexity index is 806. The second-order valence-corrected chi connectivity index (χ2v) is 4.79. The minimum absolute atomic E-state index is 0.336. The molecule has 0 saturated carbocycles. The van der Waals surface area contributed by atoms with Crippen molar-refractivity contribution in [2.24, 2.45) is 0 Å². The zero-order valence-electron chi connectivity index (χ0n) is 12.1. The van der Waals surface area contributed by atoms with Crippen molar-refractivity contribution in [3.8, 4) is 11.5 Å². The summed E-state index contributed by atoms with van der Waals surface area (Å²) in [4.78, 5) is 14.9. The van der Waals surface area contributed by atoms with Crippen molar-refractivity contribution in [2.45, 2.75) is 6.92 Å². The molecular weight excluding hydrogens is 280 g/mol. The summed E-state index contributed by atoms with van der Waals surface area (Å²) in [6, 6.07) is 14.5. The molecule has 0 radical (unpaired) electrons. The molecule has 3 aromatic rings. The van der Waals surface area contributed by atoms with E-state index < -0.39 is 0 Å². The molecule has 0 aliphatic carbocycles. The minimum atomic E-state index is -0.378. The Morgan fingerprint density at radius 3 is 2.68 bits per heavy atom. The Morgan fingerprint density at radius 2 is 1.95 bits per heavy atom. The maximum atomic E-state index is 11.8. The average molecular weight is 296 g/mol. The molecular formula is C17H16N2O3. The standard InChI is InChI=1S/C17H16N2O3/c1-2-21-17(20)15-10-13-14(19-15)4-3-5-16(13)22-12-8-6-11(18)7-9-12/h3-10,19H,2,18H2,1H3. The van der Waals surface area contributed by atoms with Gasteiger partial charge in [-0.3, -0.25) is 0 Å². The number of hydrogen-bond donors (Lipinski definition) is 2. The highest BCUT2D eigenvalue weighted by atomic mass is 16.5. The largest absolute Gasteiger partial charge is 0.461 e. The van der Waals surface area contributed by atoms with Gasteiger partial charge in [-0.15, -0.1) is 0 Å². The van der Waals surface area contributed by atoms with Crippen LogP contribution in [0.4, 0.5) is 5.69 Å². The van der Waals surface area contributed by atoms with Gasteiger partial charge in [-0.05, 0) is 49.4 Å². The number of aromatic nitrogens is 1. The number of aromatic amines is 1. The summed E-state index contributed by atoms with van der Waals surface area (Å²) in [6.07, 6.45) is 0. The van der Waals surface area contributed by atoms with Crippen molar-refractivity contribution in [3.63, 3.8) is 0 Å². The first-order chi connectivity index (χ1) is 10.7. The summed E-state index contributed by atoms with van der Waals surface area (Å²) in [7, 11) is 0. The number of hydrogen-bond acceptors (Lipinski definition) is 4. The fourth-order valence-electron chi connectivity index (χ4n) is 2.20. The maximum absolute atomic E-state index is 11.8. The van der Waals surface area contributed by atoms with Gasteiger partial charge in [0.05, 0.1) is 6.61 Å². The van der Waals surface area contributed by atoms with E-state index in [-0.39, 0.29) is 5.97 Å². The van der Waals surface area contributed by atoms with E-state index in [1.807, 2.05) is 18.2 Å². The SMILES string of the molecule is CCOC(=O)c1cc2c(Oc3ccc(N)cc3)cccc2[nH]1. The number of carbonyl (C=O) groups is 1. The van der Waals surface area contributed by atoms with Gasteiger partial charge in [0, 0.05) is 16.6 Å². The highest BCUT2D eigenvalue weighted by Crippen LogP contribution is 2.31. The molecule has 3 N–H and O–H groups in total. The fourth-order valence-corrected chi connectivity index (χ4v) is 2.20. The number of ether oxygens (including phenoxy) is 2. The molecule has 0 fully saturated rings. The van der Waals surface area contributed by atoms with Crippen LogP contribution >= 0.6 is 0 Å². The molecule has 0 atom stereocenters. The monoisotopic (exact) mass is 296 g/mol. The quantitative estimate of drug-likeness (QED) is 0.568. The smallest absolute Gasteiger partial charge is 0.354 e. The van der Waals surface area contributed by atoms with Crippen LogP contribution in [0.5, 0.6) is 11.5 Å². The topological polar surface area (TPSA) is 77.3 Å². The van der Waals surface area contributed by atoms with Gasteiger partial charge >= 0.3 is 5.97 Å². The van der Waals surface area contributed by atoms with Crippen molar-refractivity contribution in [1.82, 2.24) is 4.98 Å². The summed E-state index contributed by atoms with van der Waals surface area (Å²) in [5.74, 6) is 0.965. The van der Waals surface area contributed by atoms with Crippen molar-refractivity contribution in [1.29, 1.82) is 0 Å². The average Bonchev–Trinajstić information content (AvgIpc) is 2.95. The predicted molar refractivity (Wildman–Crippen MR) is 85.2 cm³/mol. The Kier molecular flexibility index (Phi) is 3.70. The first-order valence-electron chi connectivity index (χ1n) is 6.99. The molecule has 5 nitrogen and oxygen atoms in total. The molecule has 0 aliphatic rings. The van der Waals surface area contributed by atoms with Gasteiger partial charge in [0.15, 0.2) is 0 Å². The highest BCUT2D eigenvalue weighted by molar-refractivity contribution is 5.97. The molecule has 1 heterocycles. The summed E-state index contributed by atoms with van der Waals surface area (Å²) in [5, 5.41) is 0.822. The van der Waals surface area contributed by atoms with E-state index in [1.54, 1.807) is 37.3 Å². The molecule has 0 aliphatic heterocycles. The number of carbonyl (C=O) groups excluding carboxylic acids is 1. The second kappa shape index (κ2) is 5.81. The zero-order chi connectivity index (χ0) is 15.5. The third kappa shape index (κ3) is 2.74. The number of benzene rings is 2. The number of nitrogens with one attached hydrogen (secondary N) is 1. The van der Waals surface area contributed by atoms with Crippen LogP contribution in [0.25, 0.3) is 10.9 Å². The number of esters is 1. The van der Waals surface area contributed by atoms with Crippen molar-refractivity contribution in [2.75, 3.05) is 12.3 Å². The Morgan fingerprint density at radius 1 is 1.18 bits per heavy atom. The molecule has 22 heavy (non-hydrogen) atoms. The molecule has 0 spiro atoms. The van der Waals surface area contributed by atoms with E-state index in [4.69, 9.17) is 15.2 Å². The molecule has 0 unspecified atom stereocenters. The van der Waals surface area contributed by atoms with E-state index in [0.717, 1.165) is 10.9 Å². The number of anilines is 1. The van der Waals surface area contributed by atoms with Crippen molar-refractivity contribution in [3.05, 3.63) is 54.2 Å². The number of H-pyrrole nitrogens is 1. The van der Waals surface area contributed by atoms with E-state index in [9.17, 15) is 4.79 Å². The first kappa shape index (κ1) is 14.0. The van der Waals surface area contributed by atoms with Crippen LogP contribution in [-0.2, 0) is 4.74 Å². The van der Waals surface area contributed by atoms with Crippen LogP contribution in [0.1, 0.15) is 17.4 Å². The van der Waals surface area contributed by atoms with E-state index in [1.165, 1.54) is 0 Å². The third-order valence-electron chi connectivity index (χ3n) is 3.23. The van der Waals surface area contributed by atoms with E-state index in [0.29, 0.717) is 29.5 Å². The summed E-state index contributed by atoms with van der Waals surface area (Å²) >= 11 is 0. The van der Waals surface area contributed by atoms with Gasteiger partial charge in [0.25, 0.3) is 0 Å². The zero-order valence-corrected chi connectivity index (χ0v) is 12.1. The Balaban J connectivity index is 1.95. The summed E-state index contributed by atoms with van der Waals surface area (Å²) in [6.45, 7) is 2.11. The third-order valence-corrected chi connectivity index (χ3v) is 3.23. The molecule has 0 saturated heterocycles. The molecule has 1 aromatic heterocycles. The second-order valence-electron chi connectivity index (χ2n) is 4.79. The van der Waals surface area contributed by atoms with Gasteiger partial charge in [-0.25, -0.2) is 4.79 Å². The molecule has 0 bridgehead atoms. The van der Waals surface area contributed by atoms with Crippen LogP contribution in [0.2, 0.25) is 0 Å². The van der Waals surface area contributed by atoms with Crippen molar-refractivity contribution < 1.29 is 14.3 Å². The van der Waals surface area contributed by atoms with Crippen LogP contribution in [0.3, 0.4) is 0 Å². The Hall–Kier alpha value is -2.95. The van der Waals surface area contributed by atoms with Crippen molar-refractivity contribution >= 4 is 22.6 Å². The lowest BCUT2D eigenvalue weighted by Crippen LogP contribution is -2.04. The lowest BCUT2D eigenvalue weighted by molar-refractivity contribution is 0.0520. The van der Waals surface area contributed by atoms with Crippen LogP contribution in [-0.4, -0.2) is 17.6 Å². The van der Waals surface area contributed by atoms with E-state index in [2.05, 4.69) is 4.98 Å². The van der Waals surface area contributed by atoms with Crippen LogP contribution in [0, 0.1) is 0 Å². The first-order valence-corrected chi connectivity index (χ1v) is 6.99.